The highest BCUT2D eigenvalue weighted by molar-refractivity contribution is 5.85. The molecule has 1 atom stereocenters. The average Bonchev–Trinajstić information content (AvgIpc) is 3.93. The molecule has 1 aromatic heterocycles. The van der Waals surface area contributed by atoms with E-state index in [0.29, 0.717) is 77.3 Å². The number of rotatable bonds is 10. The summed E-state index contributed by atoms with van der Waals surface area (Å²) >= 11 is 0. The summed E-state index contributed by atoms with van der Waals surface area (Å²) in [4.78, 5) is 20.3. The van der Waals surface area contributed by atoms with E-state index in [1.807, 2.05) is 11.0 Å². The fourth-order valence-corrected chi connectivity index (χ4v) is 7.56. The first-order chi connectivity index (χ1) is 25.9. The molecule has 8 nitrogen and oxygen atoms in total. The number of oxazole rings is 1. The standard InChI is InChI=1S/C42H38F4N4O4/c1-25-32(8-6-9-33(25)40-48-36-18-26(17-30(21-47)39(36)54-40)22-50-16-13-29(23-50)41(51)52)34-10-5-7-27(38(34)43)11-12-28-20-37(53-2)31(19-35(28)42(44,45)46)24-49-14-3-4-15-49/h5-12,17-20,29H,3-4,13-16,22-24H2,1-2H3,(H,51,52)/b12-11+/t29-/m1/s1. The summed E-state index contributed by atoms with van der Waals surface area (Å²) in [7, 11) is 1.43. The third kappa shape index (κ3) is 7.47. The van der Waals surface area contributed by atoms with Gasteiger partial charge < -0.3 is 14.3 Å². The van der Waals surface area contributed by atoms with Crippen molar-refractivity contribution in [1.29, 1.82) is 5.26 Å². The fourth-order valence-electron chi connectivity index (χ4n) is 7.56. The maximum atomic E-state index is 16.3. The summed E-state index contributed by atoms with van der Waals surface area (Å²) in [6.07, 6.45) is 0.544. The van der Waals surface area contributed by atoms with Crippen LogP contribution in [0.15, 0.2) is 65.1 Å². The predicted molar refractivity (Wildman–Crippen MR) is 197 cm³/mol. The lowest BCUT2D eigenvalue weighted by molar-refractivity contribution is -0.141. The molecule has 7 rings (SSSR count). The van der Waals surface area contributed by atoms with Gasteiger partial charge in [0.05, 0.1) is 24.2 Å². The van der Waals surface area contributed by atoms with Gasteiger partial charge in [-0.1, -0.05) is 42.5 Å². The number of hydrogen-bond acceptors (Lipinski definition) is 7. The molecular formula is C42H38F4N4O4. The monoisotopic (exact) mass is 738 g/mol. The topological polar surface area (TPSA) is 103 Å². The number of nitriles is 1. The number of likely N-dealkylation sites (tertiary alicyclic amines) is 2. The van der Waals surface area contributed by atoms with Crippen LogP contribution in [0.4, 0.5) is 17.6 Å². The minimum atomic E-state index is -4.64. The van der Waals surface area contributed by atoms with Gasteiger partial charge in [-0.05, 0) is 98.4 Å². The average molecular weight is 739 g/mol. The number of alkyl halides is 3. The first-order valence-corrected chi connectivity index (χ1v) is 17.8. The van der Waals surface area contributed by atoms with Crippen LogP contribution in [0.3, 0.4) is 0 Å². The van der Waals surface area contributed by atoms with Crippen molar-refractivity contribution in [2.45, 2.75) is 45.5 Å². The van der Waals surface area contributed by atoms with Crippen molar-refractivity contribution in [2.24, 2.45) is 5.92 Å². The van der Waals surface area contributed by atoms with Crippen molar-refractivity contribution in [3.05, 3.63) is 105 Å². The van der Waals surface area contributed by atoms with E-state index >= 15 is 4.39 Å². The van der Waals surface area contributed by atoms with Crippen LogP contribution < -0.4 is 4.74 Å². The number of carbonyl (C=O) groups is 1. The van der Waals surface area contributed by atoms with Crippen molar-refractivity contribution < 1.29 is 36.6 Å². The van der Waals surface area contributed by atoms with Gasteiger partial charge in [0.25, 0.3) is 0 Å². The molecule has 2 aliphatic heterocycles. The predicted octanol–water partition coefficient (Wildman–Crippen LogP) is 9.18. The van der Waals surface area contributed by atoms with Gasteiger partial charge in [0.1, 0.15) is 23.2 Å². The smallest absolute Gasteiger partial charge is 0.417 e. The highest BCUT2D eigenvalue weighted by Gasteiger charge is 2.34. The van der Waals surface area contributed by atoms with Crippen LogP contribution >= 0.6 is 0 Å². The Balaban J connectivity index is 1.19. The highest BCUT2D eigenvalue weighted by atomic mass is 19.4. The van der Waals surface area contributed by atoms with Gasteiger partial charge in [-0.3, -0.25) is 14.6 Å². The fraction of sp³-hybridized carbons (Fsp3) is 0.310. The van der Waals surface area contributed by atoms with E-state index in [0.717, 1.165) is 37.6 Å². The molecule has 0 radical (unpaired) electrons. The Kier molecular flexibility index (Phi) is 10.3. The number of halogens is 4. The molecule has 0 bridgehead atoms. The number of ether oxygens (including phenoxy) is 1. The second kappa shape index (κ2) is 15.1. The van der Waals surface area contributed by atoms with Crippen molar-refractivity contribution in [2.75, 3.05) is 33.3 Å². The Morgan fingerprint density at radius 3 is 2.43 bits per heavy atom. The van der Waals surface area contributed by atoms with E-state index in [4.69, 9.17) is 14.1 Å². The number of benzene rings is 4. The van der Waals surface area contributed by atoms with Crippen LogP contribution in [0.1, 0.15) is 58.2 Å². The Bertz CT molecular complexity index is 2300. The van der Waals surface area contributed by atoms with E-state index in [9.17, 15) is 28.3 Å². The first-order valence-electron chi connectivity index (χ1n) is 17.8. The number of nitrogens with zero attached hydrogens (tertiary/aromatic N) is 4. The third-order valence-electron chi connectivity index (χ3n) is 10.4. The van der Waals surface area contributed by atoms with Gasteiger partial charge >= 0.3 is 12.1 Å². The van der Waals surface area contributed by atoms with Crippen LogP contribution in [-0.2, 0) is 24.1 Å². The summed E-state index contributed by atoms with van der Waals surface area (Å²) < 4.78 is 70.9. The van der Waals surface area contributed by atoms with E-state index in [-0.39, 0.29) is 22.6 Å². The summed E-state index contributed by atoms with van der Waals surface area (Å²) in [5.41, 5.74) is 3.49. The maximum absolute atomic E-state index is 16.3. The molecule has 0 aliphatic carbocycles. The normalized spacial score (nSPS) is 16.8. The zero-order valence-corrected chi connectivity index (χ0v) is 29.8. The summed E-state index contributed by atoms with van der Waals surface area (Å²) in [6, 6.07) is 18.3. The summed E-state index contributed by atoms with van der Waals surface area (Å²) in [5.74, 6) is -1.27. The molecule has 0 spiro atoms. The zero-order valence-electron chi connectivity index (χ0n) is 29.8. The first kappa shape index (κ1) is 36.8. The van der Waals surface area contributed by atoms with Crippen LogP contribution in [-0.4, -0.2) is 59.1 Å². The molecular weight excluding hydrogens is 700 g/mol. The maximum Gasteiger partial charge on any atom is 0.417 e. The minimum Gasteiger partial charge on any atom is -0.496 e. The molecule has 54 heavy (non-hydrogen) atoms. The molecule has 4 aromatic carbocycles. The molecule has 1 N–H and O–H groups in total. The zero-order chi connectivity index (χ0) is 38.1. The second-order valence-corrected chi connectivity index (χ2v) is 13.9. The Labute approximate surface area is 309 Å². The van der Waals surface area contributed by atoms with Gasteiger partial charge in [0.2, 0.25) is 5.89 Å². The second-order valence-electron chi connectivity index (χ2n) is 13.9. The van der Waals surface area contributed by atoms with Crippen LogP contribution in [0.2, 0.25) is 0 Å². The van der Waals surface area contributed by atoms with Crippen molar-refractivity contribution in [3.63, 3.8) is 0 Å². The molecule has 0 unspecified atom stereocenters. The van der Waals surface area contributed by atoms with Crippen molar-refractivity contribution >= 4 is 29.2 Å². The quantitative estimate of drug-likeness (QED) is 0.112. The number of hydrogen-bond donors (Lipinski definition) is 1. The number of fused-ring (bicyclic) bond motifs is 1. The van der Waals surface area contributed by atoms with Gasteiger partial charge in [0, 0.05) is 41.9 Å². The van der Waals surface area contributed by atoms with Crippen LogP contribution in [0, 0.1) is 30.0 Å². The number of aliphatic carboxylic acids is 1. The molecule has 278 valence electrons. The molecule has 3 heterocycles. The highest BCUT2D eigenvalue weighted by Crippen LogP contribution is 2.39. The Hall–Kier alpha value is -5.51. The lowest BCUT2D eigenvalue weighted by atomic mass is 9.94. The number of carboxylic acids is 1. The lowest BCUT2D eigenvalue weighted by Crippen LogP contribution is -2.22. The van der Waals surface area contributed by atoms with E-state index in [1.54, 1.807) is 43.3 Å². The van der Waals surface area contributed by atoms with Crippen LogP contribution in [0.5, 0.6) is 5.75 Å². The van der Waals surface area contributed by atoms with Gasteiger partial charge in [-0.15, -0.1) is 0 Å². The van der Waals surface area contributed by atoms with E-state index < -0.39 is 29.4 Å². The molecule has 2 saturated heterocycles. The van der Waals surface area contributed by atoms with Crippen LogP contribution in [0.25, 0.3) is 45.8 Å². The van der Waals surface area contributed by atoms with Gasteiger partial charge in [-0.2, -0.15) is 18.4 Å². The van der Waals surface area contributed by atoms with E-state index in [1.165, 1.54) is 31.4 Å². The minimum absolute atomic E-state index is 0.103. The molecule has 0 saturated carbocycles. The van der Waals surface area contributed by atoms with Crippen molar-refractivity contribution in [1.82, 2.24) is 14.8 Å². The number of carboxylic acid groups (broad SMARTS) is 1. The number of aromatic nitrogens is 1. The molecule has 2 aliphatic rings. The number of methoxy groups -OCH3 is 1. The van der Waals surface area contributed by atoms with E-state index in [2.05, 4.69) is 11.0 Å². The molecule has 5 aromatic rings. The third-order valence-corrected chi connectivity index (χ3v) is 10.4. The molecule has 0 amide bonds. The lowest BCUT2D eigenvalue weighted by Gasteiger charge is -2.20. The molecule has 2 fully saturated rings. The largest absolute Gasteiger partial charge is 0.496 e. The SMILES string of the molecule is COc1cc(/C=C/c2cccc(-c3cccc(-c4nc5cc(CN6CC[C@@H](C(=O)O)C6)cc(C#N)c5o4)c3C)c2F)c(C(F)(F)F)cc1CN1CCCC1. The Morgan fingerprint density at radius 2 is 1.72 bits per heavy atom. The summed E-state index contributed by atoms with van der Waals surface area (Å²) in [5, 5.41) is 19.3. The molecule has 12 heteroatoms. The Morgan fingerprint density at radius 1 is 1.00 bits per heavy atom. The van der Waals surface area contributed by atoms with Gasteiger partial charge in [-0.25, -0.2) is 9.37 Å². The van der Waals surface area contributed by atoms with Crippen molar-refractivity contribution in [3.8, 4) is 34.4 Å². The summed E-state index contributed by atoms with van der Waals surface area (Å²) in [6.45, 7) is 5.31. The van der Waals surface area contributed by atoms with Gasteiger partial charge in [0.15, 0.2) is 5.58 Å².